The van der Waals surface area contributed by atoms with E-state index in [0.29, 0.717) is 10.1 Å². The molecule has 0 saturated carbocycles. The Morgan fingerprint density at radius 3 is 2.45 bits per heavy atom. The van der Waals surface area contributed by atoms with Crippen LogP contribution in [0.3, 0.4) is 0 Å². The van der Waals surface area contributed by atoms with Crippen LogP contribution < -0.4 is 10.6 Å². The Morgan fingerprint density at radius 1 is 1.14 bits per heavy atom. The van der Waals surface area contributed by atoms with Gasteiger partial charge in [-0.2, -0.15) is 0 Å². The highest BCUT2D eigenvalue weighted by Gasteiger charge is 2.43. The van der Waals surface area contributed by atoms with Crippen molar-refractivity contribution in [2.45, 2.75) is 18.5 Å². The quantitative estimate of drug-likeness (QED) is 0.772. The smallest absolute Gasteiger partial charge is 0.167 e. The van der Waals surface area contributed by atoms with Gasteiger partial charge in [-0.1, -0.05) is 41.4 Å². The molecule has 2 N–H and O–H groups in total. The molecule has 0 unspecified atom stereocenters. The molecule has 2 atom stereocenters. The highest BCUT2D eigenvalue weighted by Crippen LogP contribution is 2.39. The second kappa shape index (κ2) is 5.69. The van der Waals surface area contributed by atoms with Crippen LogP contribution in [0.2, 0.25) is 10.0 Å². The fourth-order valence-corrected chi connectivity index (χ4v) is 3.34. The van der Waals surface area contributed by atoms with Crippen LogP contribution in [-0.2, 0) is 5.54 Å². The Kier molecular flexibility index (Phi) is 4.02. The summed E-state index contributed by atoms with van der Waals surface area (Å²) in [5.74, 6) is -0.447. The molecule has 0 bridgehead atoms. The third kappa shape index (κ3) is 2.67. The van der Waals surface area contributed by atoms with E-state index in [1.54, 1.807) is 12.1 Å². The van der Waals surface area contributed by atoms with Crippen LogP contribution in [-0.4, -0.2) is 5.11 Å². The highest BCUT2D eigenvalue weighted by atomic mass is 35.5. The number of nitrogens with one attached hydrogen (secondary N) is 2. The second-order valence-corrected chi connectivity index (χ2v) is 6.67. The lowest BCUT2D eigenvalue weighted by atomic mass is 9.82. The zero-order chi connectivity index (χ0) is 15.9. The summed E-state index contributed by atoms with van der Waals surface area (Å²) < 4.78 is 13.8. The van der Waals surface area contributed by atoms with Crippen molar-refractivity contribution in [1.82, 2.24) is 10.6 Å². The Hall–Kier alpha value is -1.36. The number of halogens is 3. The van der Waals surface area contributed by atoms with Gasteiger partial charge in [0.15, 0.2) is 5.11 Å². The third-order valence-corrected chi connectivity index (χ3v) is 4.73. The maximum absolute atomic E-state index is 13.8. The van der Waals surface area contributed by atoms with Gasteiger partial charge < -0.3 is 10.6 Å². The van der Waals surface area contributed by atoms with Crippen LogP contribution in [0.15, 0.2) is 42.5 Å². The Bertz CT molecular complexity index is 735. The van der Waals surface area contributed by atoms with Gasteiger partial charge in [-0.15, -0.1) is 0 Å². The van der Waals surface area contributed by atoms with E-state index in [1.807, 2.05) is 31.2 Å². The van der Waals surface area contributed by atoms with Crippen LogP contribution in [0.1, 0.15) is 24.1 Å². The van der Waals surface area contributed by atoms with Gasteiger partial charge in [-0.05, 0) is 54.5 Å². The molecule has 6 heteroatoms. The summed E-state index contributed by atoms with van der Waals surface area (Å²) in [4.78, 5) is 0. The molecule has 0 radical (unpaired) electrons. The SMILES string of the molecule is C[C@@]1(c2ccc(Cl)cc2)NC(=S)N[C@@H]1c1ccc(Cl)c(F)c1. The molecule has 22 heavy (non-hydrogen) atoms. The van der Waals surface area contributed by atoms with Gasteiger partial charge >= 0.3 is 0 Å². The highest BCUT2D eigenvalue weighted by molar-refractivity contribution is 7.80. The summed E-state index contributed by atoms with van der Waals surface area (Å²) in [6, 6.07) is 12.1. The summed E-state index contributed by atoms with van der Waals surface area (Å²) >= 11 is 17.0. The van der Waals surface area contributed by atoms with Crippen molar-refractivity contribution in [3.63, 3.8) is 0 Å². The zero-order valence-corrected chi connectivity index (χ0v) is 14.0. The Balaban J connectivity index is 2.06. The van der Waals surface area contributed by atoms with Crippen molar-refractivity contribution < 1.29 is 4.39 Å². The van der Waals surface area contributed by atoms with Gasteiger partial charge in [0.05, 0.1) is 16.6 Å². The average Bonchev–Trinajstić information content (AvgIpc) is 2.79. The normalized spacial score (nSPS) is 24.0. The molecule has 1 saturated heterocycles. The van der Waals surface area contributed by atoms with E-state index in [9.17, 15) is 4.39 Å². The molecule has 1 aliphatic rings. The van der Waals surface area contributed by atoms with Crippen LogP contribution in [0.4, 0.5) is 4.39 Å². The molecular weight excluding hydrogens is 342 g/mol. The van der Waals surface area contributed by atoms with E-state index in [-0.39, 0.29) is 11.1 Å². The molecule has 2 aromatic carbocycles. The van der Waals surface area contributed by atoms with Crippen LogP contribution in [0, 0.1) is 5.82 Å². The van der Waals surface area contributed by atoms with Crippen LogP contribution in [0.5, 0.6) is 0 Å². The predicted molar refractivity (Wildman–Crippen MR) is 91.8 cm³/mol. The fourth-order valence-electron chi connectivity index (χ4n) is 2.76. The summed E-state index contributed by atoms with van der Waals surface area (Å²) in [7, 11) is 0. The Morgan fingerprint density at radius 2 is 1.82 bits per heavy atom. The standard InChI is InChI=1S/C16H13Cl2FN2S/c1-16(10-3-5-11(17)6-4-10)14(20-15(22)21-16)9-2-7-12(18)13(19)8-9/h2-8,14H,1H3,(H2,20,21,22)/t14-,16+/m1/s1. The maximum atomic E-state index is 13.8. The molecule has 114 valence electrons. The summed E-state index contributed by atoms with van der Waals surface area (Å²) in [5.41, 5.74) is 1.26. The molecule has 0 aromatic heterocycles. The minimum absolute atomic E-state index is 0.102. The predicted octanol–water partition coefficient (Wildman–Crippen LogP) is 4.57. The van der Waals surface area contributed by atoms with Crippen LogP contribution >= 0.6 is 35.4 Å². The number of rotatable bonds is 2. The van der Waals surface area contributed by atoms with E-state index in [1.165, 1.54) is 6.07 Å². The van der Waals surface area contributed by atoms with Gasteiger partial charge in [0.2, 0.25) is 0 Å². The maximum Gasteiger partial charge on any atom is 0.167 e. The summed E-state index contributed by atoms with van der Waals surface area (Å²) in [6.45, 7) is 2.01. The molecule has 2 aromatic rings. The molecule has 0 amide bonds. The van der Waals surface area contributed by atoms with Crippen LogP contribution in [0.25, 0.3) is 0 Å². The second-order valence-electron chi connectivity index (χ2n) is 5.41. The van der Waals surface area contributed by atoms with E-state index in [4.69, 9.17) is 35.4 Å². The largest absolute Gasteiger partial charge is 0.353 e. The monoisotopic (exact) mass is 354 g/mol. The lowest BCUT2D eigenvalue weighted by molar-refractivity contribution is 0.378. The summed E-state index contributed by atoms with van der Waals surface area (Å²) in [5, 5.41) is 7.76. The molecule has 0 aliphatic carbocycles. The molecule has 0 spiro atoms. The van der Waals surface area contributed by atoms with Crippen molar-refractivity contribution in [2.24, 2.45) is 0 Å². The average molecular weight is 355 g/mol. The Labute approximate surface area is 143 Å². The molecule has 1 aliphatic heterocycles. The number of thiocarbonyl (C=S) groups is 1. The summed E-state index contributed by atoms with van der Waals surface area (Å²) in [6.07, 6.45) is 0. The molecule has 3 rings (SSSR count). The van der Waals surface area contributed by atoms with E-state index in [2.05, 4.69) is 10.6 Å². The molecular formula is C16H13Cl2FN2S. The zero-order valence-electron chi connectivity index (χ0n) is 11.7. The minimum Gasteiger partial charge on any atom is -0.353 e. The first-order chi connectivity index (χ1) is 10.4. The first kappa shape index (κ1) is 15.5. The van der Waals surface area contributed by atoms with Crippen molar-refractivity contribution in [3.05, 3.63) is 69.5 Å². The first-order valence-corrected chi connectivity index (χ1v) is 7.86. The molecule has 2 nitrogen and oxygen atoms in total. The van der Waals surface area contributed by atoms with Gasteiger partial charge in [0.1, 0.15) is 5.82 Å². The number of hydrogen-bond donors (Lipinski definition) is 2. The first-order valence-electron chi connectivity index (χ1n) is 6.70. The topological polar surface area (TPSA) is 24.1 Å². The van der Waals surface area contributed by atoms with Crippen molar-refractivity contribution in [1.29, 1.82) is 0 Å². The lowest BCUT2D eigenvalue weighted by Gasteiger charge is -2.31. The van der Waals surface area contributed by atoms with Gasteiger partial charge in [-0.3, -0.25) is 0 Å². The van der Waals surface area contributed by atoms with Gasteiger partial charge in [-0.25, -0.2) is 4.39 Å². The molecule has 1 heterocycles. The third-order valence-electron chi connectivity index (χ3n) is 3.95. The van der Waals surface area contributed by atoms with Crippen molar-refractivity contribution in [2.75, 3.05) is 0 Å². The van der Waals surface area contributed by atoms with E-state index < -0.39 is 11.4 Å². The minimum atomic E-state index is -0.512. The van der Waals surface area contributed by atoms with Crippen molar-refractivity contribution in [3.8, 4) is 0 Å². The van der Waals surface area contributed by atoms with E-state index in [0.717, 1.165) is 11.1 Å². The number of benzene rings is 2. The fraction of sp³-hybridized carbons (Fsp3) is 0.188. The lowest BCUT2D eigenvalue weighted by Crippen LogP contribution is -2.39. The van der Waals surface area contributed by atoms with E-state index >= 15 is 0 Å². The number of hydrogen-bond acceptors (Lipinski definition) is 1. The van der Waals surface area contributed by atoms with Gasteiger partial charge in [0.25, 0.3) is 0 Å². The molecule has 1 fully saturated rings. The van der Waals surface area contributed by atoms with Crippen molar-refractivity contribution >= 4 is 40.5 Å². The van der Waals surface area contributed by atoms with Gasteiger partial charge in [0, 0.05) is 5.02 Å².